The van der Waals surface area contributed by atoms with E-state index in [0.29, 0.717) is 22.7 Å². The molecular formula is C18H26N2O4S. The van der Waals surface area contributed by atoms with E-state index in [4.69, 9.17) is 9.47 Å². The van der Waals surface area contributed by atoms with Crippen molar-refractivity contribution in [1.29, 1.82) is 0 Å². The van der Waals surface area contributed by atoms with Crippen LogP contribution in [0, 0.1) is 0 Å². The van der Waals surface area contributed by atoms with E-state index in [0.717, 1.165) is 32.4 Å². The topological polar surface area (TPSA) is 67.9 Å². The van der Waals surface area contributed by atoms with E-state index in [9.17, 15) is 9.59 Å². The Hall–Kier alpha value is -1.89. The predicted octanol–water partition coefficient (Wildman–Crippen LogP) is 3.02. The molecule has 0 saturated carbocycles. The number of hydrogen-bond acceptors (Lipinski definition) is 5. The Bertz CT molecular complexity index is 630. The van der Waals surface area contributed by atoms with Crippen LogP contribution in [0.2, 0.25) is 0 Å². The summed E-state index contributed by atoms with van der Waals surface area (Å²) in [5, 5.41) is 2.65. The van der Waals surface area contributed by atoms with E-state index in [1.165, 1.54) is 26.0 Å². The first-order chi connectivity index (χ1) is 12.0. The summed E-state index contributed by atoms with van der Waals surface area (Å²) < 4.78 is 10.6. The second kappa shape index (κ2) is 8.99. The van der Waals surface area contributed by atoms with Gasteiger partial charge in [0.15, 0.2) is 11.5 Å². The van der Waals surface area contributed by atoms with Crippen LogP contribution in [0.25, 0.3) is 0 Å². The molecule has 25 heavy (non-hydrogen) atoms. The van der Waals surface area contributed by atoms with Gasteiger partial charge in [0.1, 0.15) is 0 Å². The molecule has 0 spiro atoms. The monoisotopic (exact) mass is 366 g/mol. The molecule has 1 aliphatic heterocycles. The van der Waals surface area contributed by atoms with Crippen molar-refractivity contribution in [3.63, 3.8) is 0 Å². The van der Waals surface area contributed by atoms with Gasteiger partial charge < -0.3 is 19.7 Å². The smallest absolute Gasteiger partial charge is 0.256 e. The summed E-state index contributed by atoms with van der Waals surface area (Å²) in [6.45, 7) is 3.30. The molecule has 138 valence electrons. The molecule has 1 heterocycles. The lowest BCUT2D eigenvalue weighted by atomic mass is 10.1. The van der Waals surface area contributed by atoms with Crippen molar-refractivity contribution < 1.29 is 19.1 Å². The summed E-state index contributed by atoms with van der Waals surface area (Å²) in [6, 6.07) is 3.30. The number of benzene rings is 1. The lowest BCUT2D eigenvalue weighted by Crippen LogP contribution is -2.36. The molecule has 7 heteroatoms. The fraction of sp³-hybridized carbons (Fsp3) is 0.556. The van der Waals surface area contributed by atoms with Crippen LogP contribution in [0.1, 0.15) is 36.5 Å². The summed E-state index contributed by atoms with van der Waals surface area (Å²) in [7, 11) is 3.06. The Balaban J connectivity index is 2.39. The largest absolute Gasteiger partial charge is 0.493 e. The highest BCUT2D eigenvalue weighted by atomic mass is 32.2. The van der Waals surface area contributed by atoms with Crippen molar-refractivity contribution in [2.75, 3.05) is 38.9 Å². The number of likely N-dealkylation sites (tertiary alicyclic amines) is 1. The van der Waals surface area contributed by atoms with Gasteiger partial charge in [0.2, 0.25) is 5.91 Å². The minimum absolute atomic E-state index is 0.0900. The first kappa shape index (κ1) is 19.4. The van der Waals surface area contributed by atoms with Gasteiger partial charge in [-0.2, -0.15) is 11.8 Å². The molecule has 1 aromatic rings. The van der Waals surface area contributed by atoms with Crippen LogP contribution >= 0.6 is 11.8 Å². The molecular weight excluding hydrogens is 340 g/mol. The number of anilines is 1. The lowest BCUT2D eigenvalue weighted by Gasteiger charge is -2.28. The number of carbonyl (C=O) groups excluding carboxylic acids is 2. The van der Waals surface area contributed by atoms with E-state index in [1.54, 1.807) is 12.1 Å². The number of methoxy groups -OCH3 is 2. The molecule has 1 aromatic carbocycles. The Morgan fingerprint density at radius 1 is 1.12 bits per heavy atom. The first-order valence-electron chi connectivity index (χ1n) is 8.40. The van der Waals surface area contributed by atoms with E-state index >= 15 is 0 Å². The SMILES string of the molecule is COc1cc(NC(=O)[C@H](C)SC)c(C(=O)N2CCCCC2)cc1OC. The zero-order valence-electron chi connectivity index (χ0n) is 15.3. The van der Waals surface area contributed by atoms with Gasteiger partial charge in [0.25, 0.3) is 5.91 Å². The second-order valence-electron chi connectivity index (χ2n) is 5.97. The molecule has 1 aliphatic rings. The molecule has 0 radical (unpaired) electrons. The van der Waals surface area contributed by atoms with Crippen LogP contribution < -0.4 is 14.8 Å². The number of thioether (sulfide) groups is 1. The number of hydrogen-bond donors (Lipinski definition) is 1. The molecule has 2 rings (SSSR count). The van der Waals surface area contributed by atoms with Gasteiger partial charge in [-0.25, -0.2) is 0 Å². The number of nitrogens with zero attached hydrogens (tertiary/aromatic N) is 1. The minimum atomic E-state index is -0.217. The van der Waals surface area contributed by atoms with Gasteiger partial charge in [0, 0.05) is 19.2 Å². The summed E-state index contributed by atoms with van der Waals surface area (Å²) in [6.07, 6.45) is 5.03. The van der Waals surface area contributed by atoms with Crippen LogP contribution in [0.4, 0.5) is 5.69 Å². The van der Waals surface area contributed by atoms with Crippen molar-refractivity contribution in [3.8, 4) is 11.5 Å². The highest BCUT2D eigenvalue weighted by Gasteiger charge is 2.25. The van der Waals surface area contributed by atoms with Crippen molar-refractivity contribution in [1.82, 2.24) is 4.90 Å². The maximum absolute atomic E-state index is 13.0. The summed E-state index contributed by atoms with van der Waals surface area (Å²) in [5.41, 5.74) is 0.889. The van der Waals surface area contributed by atoms with Gasteiger partial charge in [-0.05, 0) is 38.5 Å². The number of nitrogens with one attached hydrogen (secondary N) is 1. The number of piperidine rings is 1. The van der Waals surface area contributed by atoms with Crippen LogP contribution in [0.15, 0.2) is 12.1 Å². The van der Waals surface area contributed by atoms with Gasteiger partial charge in [-0.15, -0.1) is 0 Å². The third kappa shape index (κ3) is 4.60. The first-order valence-corrected chi connectivity index (χ1v) is 9.69. The van der Waals surface area contributed by atoms with E-state index in [1.807, 2.05) is 18.1 Å². The lowest BCUT2D eigenvalue weighted by molar-refractivity contribution is -0.115. The van der Waals surface area contributed by atoms with E-state index < -0.39 is 0 Å². The van der Waals surface area contributed by atoms with E-state index in [2.05, 4.69) is 5.32 Å². The zero-order valence-corrected chi connectivity index (χ0v) is 16.1. The highest BCUT2D eigenvalue weighted by molar-refractivity contribution is 7.99. The number of amides is 2. The molecule has 1 N–H and O–H groups in total. The van der Waals surface area contributed by atoms with Crippen LogP contribution in [0.5, 0.6) is 11.5 Å². The van der Waals surface area contributed by atoms with Crippen LogP contribution in [0.3, 0.4) is 0 Å². The second-order valence-corrected chi connectivity index (χ2v) is 7.15. The maximum atomic E-state index is 13.0. The van der Waals surface area contributed by atoms with Crippen LogP contribution in [-0.2, 0) is 4.79 Å². The van der Waals surface area contributed by atoms with E-state index in [-0.39, 0.29) is 17.1 Å². The maximum Gasteiger partial charge on any atom is 0.256 e. The molecule has 0 aliphatic carbocycles. The number of rotatable bonds is 6. The Morgan fingerprint density at radius 3 is 2.28 bits per heavy atom. The van der Waals surface area contributed by atoms with Gasteiger partial charge >= 0.3 is 0 Å². The molecule has 6 nitrogen and oxygen atoms in total. The molecule has 1 fully saturated rings. The van der Waals surface area contributed by atoms with Gasteiger partial charge in [0.05, 0.1) is 30.7 Å². The summed E-state index contributed by atoms with van der Waals surface area (Å²) in [4.78, 5) is 27.1. The molecule has 2 amide bonds. The highest BCUT2D eigenvalue weighted by Crippen LogP contribution is 2.34. The zero-order chi connectivity index (χ0) is 18.4. The standard InChI is InChI=1S/C18H26N2O4S/c1-12(25-4)17(21)19-14-11-16(24-3)15(23-2)10-13(14)18(22)20-8-6-5-7-9-20/h10-12H,5-9H2,1-4H3,(H,19,21)/t12-/m0/s1. The molecule has 1 saturated heterocycles. The molecule has 0 aromatic heterocycles. The average molecular weight is 366 g/mol. The normalized spacial score (nSPS) is 15.4. The summed E-state index contributed by atoms with van der Waals surface area (Å²) >= 11 is 1.45. The fourth-order valence-corrected chi connectivity index (χ4v) is 3.04. The fourth-order valence-electron chi connectivity index (χ4n) is 2.77. The summed E-state index contributed by atoms with van der Waals surface area (Å²) in [5.74, 6) is 0.712. The quantitative estimate of drug-likeness (QED) is 0.838. The molecule has 1 atom stereocenters. The number of ether oxygens (including phenoxy) is 2. The Labute approximate surface area is 153 Å². The van der Waals surface area contributed by atoms with Gasteiger partial charge in [-0.3, -0.25) is 9.59 Å². The molecule has 0 bridgehead atoms. The number of carbonyl (C=O) groups is 2. The Kier molecular flexibility index (Phi) is 6.99. The van der Waals surface area contributed by atoms with Crippen molar-refractivity contribution in [3.05, 3.63) is 17.7 Å². The average Bonchev–Trinajstić information content (AvgIpc) is 2.66. The van der Waals surface area contributed by atoms with Crippen molar-refractivity contribution in [2.24, 2.45) is 0 Å². The third-order valence-corrected chi connectivity index (χ3v) is 5.30. The molecule has 0 unspecified atom stereocenters. The Morgan fingerprint density at radius 2 is 1.72 bits per heavy atom. The predicted molar refractivity (Wildman–Crippen MR) is 101 cm³/mol. The van der Waals surface area contributed by atoms with Crippen LogP contribution in [-0.4, -0.2) is 55.5 Å². The van der Waals surface area contributed by atoms with Gasteiger partial charge in [-0.1, -0.05) is 0 Å². The van der Waals surface area contributed by atoms with Crippen molar-refractivity contribution >= 4 is 29.3 Å². The van der Waals surface area contributed by atoms with Crippen molar-refractivity contribution in [2.45, 2.75) is 31.4 Å². The minimum Gasteiger partial charge on any atom is -0.493 e. The third-order valence-electron chi connectivity index (χ3n) is 4.38.